The van der Waals surface area contributed by atoms with Gasteiger partial charge in [-0.15, -0.1) is 0 Å². The molecule has 0 saturated carbocycles. The van der Waals surface area contributed by atoms with E-state index < -0.39 is 11.9 Å². The highest BCUT2D eigenvalue weighted by molar-refractivity contribution is 5.94. The van der Waals surface area contributed by atoms with Gasteiger partial charge < -0.3 is 10.0 Å². The molecule has 80 valence electrons. The van der Waals surface area contributed by atoms with Crippen LogP contribution in [0.15, 0.2) is 24.3 Å². The van der Waals surface area contributed by atoms with Crippen LogP contribution in [0.5, 0.6) is 0 Å². The fraction of sp³-hybridized carbons (Fsp3) is 0.364. The first kappa shape index (κ1) is 10.1. The number of hydrogen-bond donors (Lipinski definition) is 1. The highest BCUT2D eigenvalue weighted by Crippen LogP contribution is 2.15. The summed E-state index contributed by atoms with van der Waals surface area (Å²) in [6.45, 7) is 0.793. The number of nitrogens with zero attached hydrogens (tertiary/aromatic N) is 1. The van der Waals surface area contributed by atoms with Crippen molar-refractivity contribution < 1.29 is 14.3 Å². The molecule has 0 radical (unpaired) electrons. The van der Waals surface area contributed by atoms with Crippen LogP contribution in [-0.4, -0.2) is 35.1 Å². The first-order valence-electron chi connectivity index (χ1n) is 4.90. The van der Waals surface area contributed by atoms with Crippen molar-refractivity contribution in [2.45, 2.75) is 12.5 Å². The number of likely N-dealkylation sites (tertiary alicyclic amines) is 1. The van der Waals surface area contributed by atoms with Gasteiger partial charge in [-0.2, -0.15) is 0 Å². The second kappa shape index (κ2) is 3.98. The van der Waals surface area contributed by atoms with Gasteiger partial charge in [-0.3, -0.25) is 4.79 Å². The minimum atomic E-state index is -0.510. The maximum Gasteiger partial charge on any atom is 0.256 e. The Morgan fingerprint density at radius 2 is 2.20 bits per heavy atom. The third-order valence-electron chi connectivity index (χ3n) is 2.55. The molecule has 1 atom stereocenters. The standard InChI is InChI=1S/C11H12FNO2/c12-10-4-2-1-3-9(10)11(15)13-6-5-8(14)7-13/h1-4,8,14H,5-7H2/t8-/m0/s1. The first-order valence-corrected chi connectivity index (χ1v) is 4.90. The molecule has 3 nitrogen and oxygen atoms in total. The molecule has 1 aromatic rings. The summed E-state index contributed by atoms with van der Waals surface area (Å²) in [6.07, 6.45) is 0.0981. The van der Waals surface area contributed by atoms with E-state index >= 15 is 0 Å². The molecule has 1 aromatic carbocycles. The van der Waals surface area contributed by atoms with Crippen LogP contribution in [0, 0.1) is 5.82 Å². The zero-order valence-electron chi connectivity index (χ0n) is 8.19. The van der Waals surface area contributed by atoms with Gasteiger partial charge in [-0.25, -0.2) is 4.39 Å². The summed E-state index contributed by atoms with van der Waals surface area (Å²) in [7, 11) is 0. The summed E-state index contributed by atoms with van der Waals surface area (Å²) in [5, 5.41) is 9.28. The van der Waals surface area contributed by atoms with Crippen molar-refractivity contribution in [3.05, 3.63) is 35.6 Å². The largest absolute Gasteiger partial charge is 0.391 e. The molecule has 0 bridgehead atoms. The summed E-state index contributed by atoms with van der Waals surface area (Å²) in [5.74, 6) is -0.853. The van der Waals surface area contributed by atoms with Crippen molar-refractivity contribution in [3.8, 4) is 0 Å². The van der Waals surface area contributed by atoms with E-state index in [0.717, 1.165) is 0 Å². The van der Waals surface area contributed by atoms with Gasteiger partial charge in [0.25, 0.3) is 5.91 Å². The van der Waals surface area contributed by atoms with Gasteiger partial charge in [-0.1, -0.05) is 12.1 Å². The van der Waals surface area contributed by atoms with Crippen LogP contribution < -0.4 is 0 Å². The van der Waals surface area contributed by atoms with Crippen molar-refractivity contribution >= 4 is 5.91 Å². The van der Waals surface area contributed by atoms with Crippen LogP contribution in [0.3, 0.4) is 0 Å². The van der Waals surface area contributed by atoms with E-state index in [2.05, 4.69) is 0 Å². The summed E-state index contributed by atoms with van der Waals surface area (Å²) in [6, 6.07) is 5.90. The second-order valence-corrected chi connectivity index (χ2v) is 3.67. The number of benzene rings is 1. The summed E-state index contributed by atoms with van der Waals surface area (Å²) in [4.78, 5) is 13.3. The molecule has 1 aliphatic heterocycles. The van der Waals surface area contributed by atoms with Crippen LogP contribution in [0.1, 0.15) is 16.8 Å². The Kier molecular flexibility index (Phi) is 2.68. The molecule has 4 heteroatoms. The molecular weight excluding hydrogens is 197 g/mol. The third kappa shape index (κ3) is 1.99. The lowest BCUT2D eigenvalue weighted by Crippen LogP contribution is -2.30. The van der Waals surface area contributed by atoms with E-state index in [1.165, 1.54) is 17.0 Å². The van der Waals surface area contributed by atoms with Crippen LogP contribution in [-0.2, 0) is 0 Å². The van der Waals surface area contributed by atoms with Crippen molar-refractivity contribution in [2.24, 2.45) is 0 Å². The Labute approximate surface area is 87.1 Å². The van der Waals surface area contributed by atoms with E-state index in [4.69, 9.17) is 0 Å². The summed E-state index contributed by atoms with van der Waals surface area (Å²) in [5.41, 5.74) is 0.0756. The number of rotatable bonds is 1. The molecule has 0 aliphatic carbocycles. The number of β-amino-alcohol motifs (C(OH)–C–C–N with tert-alkyl or cyclic N) is 1. The molecule has 1 N–H and O–H groups in total. The Morgan fingerprint density at radius 3 is 2.80 bits per heavy atom. The zero-order chi connectivity index (χ0) is 10.8. The van der Waals surface area contributed by atoms with Crippen LogP contribution in [0.25, 0.3) is 0 Å². The molecule has 1 saturated heterocycles. The Morgan fingerprint density at radius 1 is 1.47 bits per heavy atom. The zero-order valence-corrected chi connectivity index (χ0v) is 8.19. The normalized spacial score (nSPS) is 20.7. The molecule has 1 aliphatic rings. The molecule has 1 amide bonds. The predicted octanol–water partition coefficient (Wildman–Crippen LogP) is 1.03. The van der Waals surface area contributed by atoms with Gasteiger partial charge >= 0.3 is 0 Å². The van der Waals surface area contributed by atoms with Crippen LogP contribution in [0.2, 0.25) is 0 Å². The Balaban J connectivity index is 2.18. The smallest absolute Gasteiger partial charge is 0.256 e. The van der Waals surface area contributed by atoms with Gasteiger partial charge in [0.1, 0.15) is 5.82 Å². The Bertz CT molecular complexity index is 381. The maximum absolute atomic E-state index is 13.3. The topological polar surface area (TPSA) is 40.5 Å². The van der Waals surface area contributed by atoms with Crippen LogP contribution >= 0.6 is 0 Å². The van der Waals surface area contributed by atoms with E-state index in [0.29, 0.717) is 19.5 Å². The lowest BCUT2D eigenvalue weighted by atomic mass is 10.2. The van der Waals surface area contributed by atoms with Crippen molar-refractivity contribution in [2.75, 3.05) is 13.1 Å². The van der Waals surface area contributed by atoms with Crippen molar-refractivity contribution in [1.82, 2.24) is 4.90 Å². The van der Waals surface area contributed by atoms with Gasteiger partial charge in [0.05, 0.1) is 11.7 Å². The monoisotopic (exact) mass is 209 g/mol. The number of carbonyl (C=O) groups is 1. The maximum atomic E-state index is 13.3. The number of aliphatic hydroxyl groups excluding tert-OH is 1. The summed E-state index contributed by atoms with van der Waals surface area (Å²) < 4.78 is 13.3. The highest BCUT2D eigenvalue weighted by atomic mass is 19.1. The fourth-order valence-electron chi connectivity index (χ4n) is 1.73. The lowest BCUT2D eigenvalue weighted by molar-refractivity contribution is 0.0760. The highest BCUT2D eigenvalue weighted by Gasteiger charge is 2.26. The predicted molar refractivity (Wildman–Crippen MR) is 52.9 cm³/mol. The van der Waals surface area contributed by atoms with Gasteiger partial charge in [-0.05, 0) is 18.6 Å². The molecule has 1 fully saturated rings. The molecule has 15 heavy (non-hydrogen) atoms. The molecule has 1 heterocycles. The number of hydrogen-bond acceptors (Lipinski definition) is 2. The van der Waals surface area contributed by atoms with Gasteiger partial charge in [0.2, 0.25) is 0 Å². The minimum absolute atomic E-state index is 0.0756. The molecular formula is C11H12FNO2. The van der Waals surface area contributed by atoms with E-state index in [-0.39, 0.29) is 11.5 Å². The summed E-state index contributed by atoms with van der Waals surface area (Å²) >= 11 is 0. The van der Waals surface area contributed by atoms with E-state index in [1.807, 2.05) is 0 Å². The first-order chi connectivity index (χ1) is 7.18. The molecule has 0 spiro atoms. The van der Waals surface area contributed by atoms with Gasteiger partial charge in [0.15, 0.2) is 0 Å². The Hall–Kier alpha value is -1.42. The molecule has 0 aromatic heterocycles. The second-order valence-electron chi connectivity index (χ2n) is 3.67. The van der Waals surface area contributed by atoms with E-state index in [1.54, 1.807) is 12.1 Å². The molecule has 2 rings (SSSR count). The number of amides is 1. The van der Waals surface area contributed by atoms with Gasteiger partial charge in [0, 0.05) is 13.1 Å². The number of carbonyl (C=O) groups excluding carboxylic acids is 1. The SMILES string of the molecule is O=C(c1ccccc1F)N1CC[C@H](O)C1. The van der Waals surface area contributed by atoms with Crippen LogP contribution in [0.4, 0.5) is 4.39 Å². The number of halogens is 1. The van der Waals surface area contributed by atoms with E-state index in [9.17, 15) is 14.3 Å². The minimum Gasteiger partial charge on any atom is -0.391 e. The number of aliphatic hydroxyl groups is 1. The fourth-order valence-corrected chi connectivity index (χ4v) is 1.73. The quantitative estimate of drug-likeness (QED) is 0.750. The lowest BCUT2D eigenvalue weighted by Gasteiger charge is -2.15. The van der Waals surface area contributed by atoms with Crippen molar-refractivity contribution in [3.63, 3.8) is 0 Å². The average Bonchev–Trinajstić information content (AvgIpc) is 2.65. The van der Waals surface area contributed by atoms with Crippen molar-refractivity contribution in [1.29, 1.82) is 0 Å². The average molecular weight is 209 g/mol. The molecule has 0 unspecified atom stereocenters. The third-order valence-corrected chi connectivity index (χ3v) is 2.55.